The van der Waals surface area contributed by atoms with Crippen molar-refractivity contribution < 1.29 is 4.79 Å². The zero-order valence-corrected chi connectivity index (χ0v) is 13.4. The monoisotopic (exact) mass is 293 g/mol. The summed E-state index contributed by atoms with van der Waals surface area (Å²) < 4.78 is 0. The van der Waals surface area contributed by atoms with Crippen molar-refractivity contribution in [2.24, 2.45) is 5.92 Å². The molecule has 114 valence electrons. The van der Waals surface area contributed by atoms with Crippen LogP contribution in [0, 0.1) is 5.92 Å². The second kappa shape index (κ2) is 5.96. The van der Waals surface area contributed by atoms with E-state index in [4.69, 9.17) is 5.73 Å². The number of rotatable bonds is 3. The molecule has 2 nitrogen and oxygen atoms in total. The third-order valence-electron chi connectivity index (χ3n) is 4.61. The van der Waals surface area contributed by atoms with Crippen LogP contribution in [0.4, 0.5) is 5.69 Å². The lowest BCUT2D eigenvalue weighted by molar-refractivity contribution is 0.0935. The largest absolute Gasteiger partial charge is 0.398 e. The summed E-state index contributed by atoms with van der Waals surface area (Å²) >= 11 is 0. The number of carbonyl (C=O) groups is 1. The van der Waals surface area contributed by atoms with Gasteiger partial charge in [-0.1, -0.05) is 57.0 Å². The van der Waals surface area contributed by atoms with Gasteiger partial charge >= 0.3 is 0 Å². The molecule has 1 atom stereocenters. The van der Waals surface area contributed by atoms with Gasteiger partial charge in [0.25, 0.3) is 0 Å². The molecule has 0 saturated heterocycles. The molecule has 1 unspecified atom stereocenters. The van der Waals surface area contributed by atoms with Crippen molar-refractivity contribution in [3.05, 3.63) is 47.5 Å². The number of hydrogen-bond acceptors (Lipinski definition) is 2. The highest BCUT2D eigenvalue weighted by atomic mass is 16.1. The first-order chi connectivity index (χ1) is 10.6. The molecule has 2 N–H and O–H groups in total. The fraction of sp³-hybridized carbons (Fsp3) is 0.350. The minimum absolute atomic E-state index is 0.0205. The summed E-state index contributed by atoms with van der Waals surface area (Å²) in [4.78, 5) is 12.7. The topological polar surface area (TPSA) is 43.1 Å². The Hall–Kier alpha value is -2.09. The molecule has 2 aromatic carbocycles. The summed E-state index contributed by atoms with van der Waals surface area (Å²) in [6.07, 6.45) is 6.58. The third kappa shape index (κ3) is 2.43. The number of anilines is 1. The van der Waals surface area contributed by atoms with Crippen LogP contribution >= 0.6 is 0 Å². The highest BCUT2D eigenvalue weighted by Gasteiger charge is 2.25. The Morgan fingerprint density at radius 2 is 2.05 bits per heavy atom. The fourth-order valence-electron chi connectivity index (χ4n) is 3.37. The van der Waals surface area contributed by atoms with Crippen LogP contribution in [-0.2, 0) is 0 Å². The first-order valence-electron chi connectivity index (χ1n) is 8.18. The summed E-state index contributed by atoms with van der Waals surface area (Å²) in [5, 5.41) is 2.04. The lowest BCUT2D eigenvalue weighted by atomic mass is 9.93. The van der Waals surface area contributed by atoms with Crippen molar-refractivity contribution in [2.75, 3.05) is 5.73 Å². The maximum Gasteiger partial charge on any atom is 0.166 e. The highest BCUT2D eigenvalue weighted by Crippen LogP contribution is 2.39. The molecule has 0 amide bonds. The van der Waals surface area contributed by atoms with Gasteiger partial charge in [0.15, 0.2) is 5.78 Å². The van der Waals surface area contributed by atoms with Crippen molar-refractivity contribution in [1.29, 1.82) is 0 Å². The molecule has 1 aliphatic carbocycles. The molecule has 0 spiro atoms. The van der Waals surface area contributed by atoms with E-state index in [0.717, 1.165) is 34.9 Å². The first kappa shape index (κ1) is 14.8. The predicted molar refractivity (Wildman–Crippen MR) is 94.0 cm³/mol. The average molecular weight is 293 g/mol. The Bertz CT molecular complexity index is 758. The van der Waals surface area contributed by atoms with Crippen LogP contribution in [0.5, 0.6) is 0 Å². The zero-order chi connectivity index (χ0) is 15.7. The first-order valence-corrected chi connectivity index (χ1v) is 8.18. The number of nitrogens with two attached hydrogens (primary N) is 1. The van der Waals surface area contributed by atoms with E-state index in [1.807, 2.05) is 31.2 Å². The Labute approximate surface area is 132 Å². The van der Waals surface area contributed by atoms with Crippen molar-refractivity contribution in [2.45, 2.75) is 39.5 Å². The van der Waals surface area contributed by atoms with E-state index in [-0.39, 0.29) is 11.7 Å². The van der Waals surface area contributed by atoms with Gasteiger partial charge in [0.2, 0.25) is 0 Å². The molecular formula is C20H23NO. The maximum absolute atomic E-state index is 12.7. The van der Waals surface area contributed by atoms with Gasteiger partial charge < -0.3 is 5.73 Å². The van der Waals surface area contributed by atoms with Gasteiger partial charge in [-0.25, -0.2) is 0 Å². The van der Waals surface area contributed by atoms with E-state index in [9.17, 15) is 4.79 Å². The van der Waals surface area contributed by atoms with Gasteiger partial charge in [0, 0.05) is 27.9 Å². The average Bonchev–Trinajstić information content (AvgIpc) is 2.62. The minimum Gasteiger partial charge on any atom is -0.398 e. The Kier molecular flexibility index (Phi) is 4.02. The van der Waals surface area contributed by atoms with Crippen LogP contribution in [-0.4, -0.2) is 5.78 Å². The van der Waals surface area contributed by atoms with Crippen molar-refractivity contribution in [3.8, 4) is 0 Å². The van der Waals surface area contributed by atoms with Crippen LogP contribution in [0.3, 0.4) is 0 Å². The van der Waals surface area contributed by atoms with Gasteiger partial charge in [-0.05, 0) is 30.0 Å². The molecule has 0 fully saturated rings. The molecule has 3 rings (SSSR count). The standard InChI is InChI=1S/C20H23NO/c1-3-4-5-7-14-12-13(2)20(22)17-9-6-8-16-18(21)11-10-15(14)19(16)17/h6-11,13H,3-5,12,21H2,1-2H3/b14-7-. The number of hydrogen-bond donors (Lipinski definition) is 1. The van der Waals surface area contributed by atoms with Crippen molar-refractivity contribution >= 4 is 27.8 Å². The number of benzene rings is 2. The molecule has 0 saturated carbocycles. The predicted octanol–water partition coefficient (Wildman–Crippen LogP) is 5.22. The van der Waals surface area contributed by atoms with Gasteiger partial charge in [-0.15, -0.1) is 0 Å². The Morgan fingerprint density at radius 1 is 1.23 bits per heavy atom. The summed E-state index contributed by atoms with van der Waals surface area (Å²) in [7, 11) is 0. The second-order valence-corrected chi connectivity index (χ2v) is 6.27. The lowest BCUT2D eigenvalue weighted by Crippen LogP contribution is -2.09. The van der Waals surface area contributed by atoms with Gasteiger partial charge in [-0.3, -0.25) is 4.79 Å². The number of ketones is 1. The number of allylic oxidation sites excluding steroid dienone is 2. The molecule has 0 radical (unpaired) electrons. The molecule has 1 aliphatic rings. The number of nitrogen functional groups attached to an aromatic ring is 1. The number of unbranched alkanes of at least 4 members (excludes halogenated alkanes) is 2. The molecule has 2 aromatic rings. The van der Waals surface area contributed by atoms with E-state index in [2.05, 4.69) is 19.1 Å². The van der Waals surface area contributed by atoms with Crippen LogP contribution in [0.25, 0.3) is 16.3 Å². The second-order valence-electron chi connectivity index (χ2n) is 6.27. The van der Waals surface area contributed by atoms with Crippen molar-refractivity contribution in [3.63, 3.8) is 0 Å². The zero-order valence-electron chi connectivity index (χ0n) is 13.4. The quantitative estimate of drug-likeness (QED) is 0.623. The fourth-order valence-corrected chi connectivity index (χ4v) is 3.37. The normalized spacial score (nSPS) is 19.6. The molecule has 0 heterocycles. The summed E-state index contributed by atoms with van der Waals surface area (Å²) in [6.45, 7) is 4.23. The van der Waals surface area contributed by atoms with E-state index in [0.29, 0.717) is 0 Å². The van der Waals surface area contributed by atoms with Gasteiger partial charge in [0.1, 0.15) is 0 Å². The van der Waals surface area contributed by atoms with Crippen LogP contribution in [0.15, 0.2) is 36.4 Å². The highest BCUT2D eigenvalue weighted by molar-refractivity contribution is 6.16. The van der Waals surface area contributed by atoms with Crippen LogP contribution < -0.4 is 5.73 Å². The minimum atomic E-state index is 0.0205. The van der Waals surface area contributed by atoms with Gasteiger partial charge in [0.05, 0.1) is 0 Å². The van der Waals surface area contributed by atoms with Crippen LogP contribution in [0.2, 0.25) is 0 Å². The smallest absolute Gasteiger partial charge is 0.166 e. The number of Topliss-reactive ketones (excluding diaryl/α,β-unsaturated/α-hetero) is 1. The van der Waals surface area contributed by atoms with Gasteiger partial charge in [-0.2, -0.15) is 0 Å². The molecule has 2 heteroatoms. The SMILES string of the molecule is CCCC/C=C1/CC(C)C(=O)c2cccc3c(N)ccc1c23. The lowest BCUT2D eigenvalue weighted by Gasteiger charge is -2.11. The summed E-state index contributed by atoms with van der Waals surface area (Å²) in [5.74, 6) is 0.253. The summed E-state index contributed by atoms with van der Waals surface area (Å²) in [5.41, 5.74) is 10.2. The molecular weight excluding hydrogens is 270 g/mol. The van der Waals surface area contributed by atoms with Crippen molar-refractivity contribution in [1.82, 2.24) is 0 Å². The van der Waals surface area contributed by atoms with E-state index < -0.39 is 0 Å². The Morgan fingerprint density at radius 3 is 2.82 bits per heavy atom. The summed E-state index contributed by atoms with van der Waals surface area (Å²) in [6, 6.07) is 9.96. The van der Waals surface area contributed by atoms with Crippen LogP contribution in [0.1, 0.15) is 55.5 Å². The van der Waals surface area contributed by atoms with E-state index in [1.54, 1.807) is 0 Å². The molecule has 22 heavy (non-hydrogen) atoms. The third-order valence-corrected chi connectivity index (χ3v) is 4.61. The molecule has 0 aliphatic heterocycles. The molecule has 0 bridgehead atoms. The maximum atomic E-state index is 12.7. The number of carbonyl (C=O) groups excluding carboxylic acids is 1. The molecule has 0 aromatic heterocycles. The van der Waals surface area contributed by atoms with E-state index in [1.165, 1.54) is 24.0 Å². The van der Waals surface area contributed by atoms with E-state index >= 15 is 0 Å². The Balaban J connectivity index is 2.27.